The van der Waals surface area contributed by atoms with Crippen LogP contribution >= 0.6 is 38.5 Å². The number of nitrogen functional groups attached to an aromatic ring is 1. The third-order valence-corrected chi connectivity index (χ3v) is 33.6. The van der Waals surface area contributed by atoms with Gasteiger partial charge in [0.05, 0.1) is 76.9 Å². The van der Waals surface area contributed by atoms with E-state index in [4.69, 9.17) is 19.9 Å². The summed E-state index contributed by atoms with van der Waals surface area (Å²) in [6, 6.07) is 16.8. The summed E-state index contributed by atoms with van der Waals surface area (Å²) in [6.07, 6.45) is 26.2. The number of unbranched alkanes of at least 4 members (excludes halogenated alkanes) is 3. The van der Waals surface area contributed by atoms with Gasteiger partial charge in [0.2, 0.25) is 0 Å². The largest absolute Gasteiger partial charge is 0.496 e. The van der Waals surface area contributed by atoms with Crippen LogP contribution in [0.25, 0.3) is 22.2 Å². The van der Waals surface area contributed by atoms with Crippen LogP contribution < -0.4 is 35.9 Å². The molecule has 0 saturated heterocycles. The van der Waals surface area contributed by atoms with Crippen LogP contribution in [0.3, 0.4) is 0 Å². The molecule has 3 aliphatic heterocycles. The maximum atomic E-state index is 5.80. The number of fused-ring (bicyclic) bond motifs is 7. The predicted molar refractivity (Wildman–Crippen MR) is 376 cm³/mol. The van der Waals surface area contributed by atoms with Gasteiger partial charge >= 0.3 is 108 Å². The first-order valence-electron chi connectivity index (χ1n) is 30.9. The van der Waals surface area contributed by atoms with E-state index in [0.717, 1.165) is 101 Å². The number of anilines is 4. The molecule has 6 aliphatic rings. The van der Waals surface area contributed by atoms with Crippen molar-refractivity contribution in [2.24, 2.45) is 15.0 Å². The van der Waals surface area contributed by atoms with E-state index >= 15 is 0 Å². The van der Waals surface area contributed by atoms with Gasteiger partial charge in [0.1, 0.15) is 34.8 Å². The summed E-state index contributed by atoms with van der Waals surface area (Å²) < 4.78 is 27.0. The fourth-order valence-electron chi connectivity index (χ4n) is 13.4. The number of benzene rings is 3. The number of nitrogens with zero attached hydrogens (tertiary/aromatic N) is 5. The van der Waals surface area contributed by atoms with Crippen molar-refractivity contribution in [3.8, 4) is 50.2 Å². The third kappa shape index (κ3) is 13.5. The first-order chi connectivity index (χ1) is 41.7. The summed E-state index contributed by atoms with van der Waals surface area (Å²) in [6.45, 7) is 13.0. The first kappa shape index (κ1) is 66.2. The summed E-state index contributed by atoms with van der Waals surface area (Å²) >= 11 is 3.66. The number of aryl methyl sites for hydroxylation is 1. The molecule has 16 heteroatoms. The smallest absolute Gasteiger partial charge is 0.133 e. The topological polar surface area (TPSA) is 168 Å². The molecule has 86 heavy (non-hydrogen) atoms. The third-order valence-electron chi connectivity index (χ3n) is 18.5. The number of amidine groups is 3. The number of hydrogen-bond donors (Lipinski definition) is 5. The molecular weight excluding hydrogens is 1350 g/mol. The van der Waals surface area contributed by atoms with Crippen molar-refractivity contribution in [1.29, 1.82) is 0 Å². The fourth-order valence-corrected chi connectivity index (χ4v) is 27.7. The second kappa shape index (κ2) is 30.0. The van der Waals surface area contributed by atoms with Crippen LogP contribution in [0.4, 0.5) is 22.7 Å². The summed E-state index contributed by atoms with van der Waals surface area (Å²) in [5, 5.41) is 11.6. The molecule has 3 aromatic heterocycles. The molecule has 0 bridgehead atoms. The van der Waals surface area contributed by atoms with Crippen LogP contribution in [0.15, 0.2) is 92.8 Å². The minimum Gasteiger partial charge on any atom is -0.496 e. The Kier molecular flexibility index (Phi) is 23.1. The molecule has 456 valence electrons. The molecule has 6 heterocycles. The Labute approximate surface area is 538 Å². The van der Waals surface area contributed by atoms with Gasteiger partial charge in [-0.15, -0.1) is 5.92 Å². The van der Waals surface area contributed by atoms with E-state index in [0.29, 0.717) is 0 Å². The van der Waals surface area contributed by atoms with Crippen LogP contribution in [-0.2, 0) is 16.2 Å². The van der Waals surface area contributed by atoms with Crippen molar-refractivity contribution in [1.82, 2.24) is 15.0 Å². The average molecular weight is 1450 g/mol. The molecule has 0 unspecified atom stereocenters. The maximum Gasteiger partial charge on any atom is 0.133 e. The second-order valence-corrected chi connectivity index (χ2v) is 37.7. The van der Waals surface area contributed by atoms with Gasteiger partial charge in [-0.1, -0.05) is 25.2 Å². The van der Waals surface area contributed by atoms with Gasteiger partial charge in [-0.05, 0) is 162 Å². The number of aromatic amines is 1. The molecule has 0 radical (unpaired) electrons. The zero-order chi connectivity index (χ0) is 61.7. The summed E-state index contributed by atoms with van der Waals surface area (Å²) in [7, 11) is 10.7. The Morgan fingerprint density at radius 3 is 1.51 bits per heavy atom. The van der Waals surface area contributed by atoms with Crippen molar-refractivity contribution in [3.63, 3.8) is 0 Å². The molecule has 3 aliphatic carbocycles. The number of nitrogens with two attached hydrogens (primary N) is 1. The standard InChI is InChI=1S/C21H22N4O.C16H18N2O.C13H15BrN2O.C5H5IN2.3C4H9.C3H3.Sn/c1-12-13-5-8-23-11-17(13)24-19(12)14-9-16-15(10-18(14)26-3)21(6-4-7-21)20(22-2)25-16;1-4-6-11-9-13-12(10-14(11)19-3)16(7-5-8-16)15(17-2)18-13;1-15-12-13(4-3-5-13)8-6-11(17-2)9(14)7-10(8)16-12;6-4-1-2-8-3-5(4)7;3*1-3-4-2;1-3-2;/h5,8-11,24H,4,6-7H2,1-3H3,(H,22,25);9-10H,5,7-8H2,1-3H3,(H,17,18);6-7H,3-5H2,1-2H3,(H,15,16);1-3H,7H2;3*1,3-4H2,2H3;1H3;. The van der Waals surface area contributed by atoms with Crippen LogP contribution in [0, 0.1) is 32.2 Å². The van der Waals surface area contributed by atoms with Gasteiger partial charge in [-0.25, -0.2) is 0 Å². The van der Waals surface area contributed by atoms with Crippen molar-refractivity contribution in [2.45, 2.75) is 167 Å². The molecule has 6 aromatic rings. The van der Waals surface area contributed by atoms with Gasteiger partial charge in [0, 0.05) is 65.1 Å². The Hall–Kier alpha value is -5.76. The molecule has 6 N–H and O–H groups in total. The number of H-pyrrole nitrogens is 1. The van der Waals surface area contributed by atoms with E-state index in [-0.39, 0.29) is 16.2 Å². The van der Waals surface area contributed by atoms with Crippen LogP contribution in [-0.4, -0.2) is 93.3 Å². The number of methoxy groups -OCH3 is 3. The maximum absolute atomic E-state index is 5.80. The van der Waals surface area contributed by atoms with Gasteiger partial charge in [-0.2, -0.15) is 0 Å². The van der Waals surface area contributed by atoms with Crippen molar-refractivity contribution in [3.05, 3.63) is 109 Å². The summed E-state index contributed by atoms with van der Waals surface area (Å²) in [5.74, 6) is 15.3. The molecule has 3 aromatic carbocycles. The van der Waals surface area contributed by atoms with E-state index in [1.165, 1.54) is 124 Å². The van der Waals surface area contributed by atoms with Gasteiger partial charge < -0.3 is 40.9 Å². The van der Waals surface area contributed by atoms with E-state index in [2.05, 4.69) is 177 Å². The molecule has 12 rings (SSSR count). The van der Waals surface area contributed by atoms with Crippen molar-refractivity contribution < 1.29 is 14.2 Å². The number of rotatable bonds is 13. The number of ether oxygens (including phenoxy) is 3. The minimum absolute atomic E-state index is 0.0648. The Balaban J connectivity index is 0.000000145. The van der Waals surface area contributed by atoms with Crippen LogP contribution in [0.2, 0.25) is 13.3 Å². The average Bonchev–Trinajstić information content (AvgIpc) is 1.64. The molecule has 3 spiro atoms. The SMILES string of the molecule is CC#Cc1cc2c(cc1OC)C1(CCC1)C(=NC)N2.CC#[C][Sn]([CH2]CCC)([CH2]CCC)[CH2]CCC.CN=C1Nc2cc(-c3[nH]c4cnccc4c3C)c(OC)cc2C12CCC2.CN=C1Nc2cc(Br)c(OC)cc2C12CCC2.Nc1cnccc1I. The Morgan fingerprint density at radius 2 is 1.10 bits per heavy atom. The zero-order valence-corrected chi connectivity index (χ0v) is 59.5. The van der Waals surface area contributed by atoms with Crippen LogP contribution in [0.5, 0.6) is 17.2 Å². The molecule has 3 saturated carbocycles. The monoisotopic (exact) mass is 1440 g/mol. The molecular formula is C70H90BrIN10O3Sn. The summed E-state index contributed by atoms with van der Waals surface area (Å²) in [5.41, 5.74) is 19.3. The minimum atomic E-state index is -2.02. The Bertz CT molecular complexity index is 3550. The second-order valence-electron chi connectivity index (χ2n) is 23.4. The zero-order valence-electron chi connectivity index (χ0n) is 53.0. The number of aliphatic imine (C=N–C) groups is 3. The summed E-state index contributed by atoms with van der Waals surface area (Å²) in [4.78, 5) is 25.0. The first-order valence-corrected chi connectivity index (χ1v) is 40.2. The number of nitrogens with one attached hydrogen (secondary N) is 4. The van der Waals surface area contributed by atoms with E-state index in [1.54, 1.807) is 33.7 Å². The number of aromatic nitrogens is 3. The molecule has 3 fully saturated rings. The molecule has 13 nitrogen and oxygen atoms in total. The van der Waals surface area contributed by atoms with E-state index in [1.807, 2.05) is 52.6 Å². The number of hydrogen-bond acceptors (Lipinski definition) is 9. The normalized spacial score (nSPS) is 17.4. The quantitative estimate of drug-likeness (QED) is 0.0429. The van der Waals surface area contributed by atoms with E-state index < -0.39 is 18.4 Å². The van der Waals surface area contributed by atoms with E-state index in [9.17, 15) is 0 Å². The van der Waals surface area contributed by atoms with Gasteiger partial charge in [0.25, 0.3) is 0 Å². The van der Waals surface area contributed by atoms with Crippen LogP contribution in [0.1, 0.15) is 159 Å². The van der Waals surface area contributed by atoms with Crippen molar-refractivity contribution in [2.75, 3.05) is 64.2 Å². The molecule has 0 amide bonds. The number of halogens is 2. The molecule has 0 atom stereocenters. The fraction of sp³-hybridized carbons (Fsp3) is 0.471. The number of pyridine rings is 2. The predicted octanol–water partition coefficient (Wildman–Crippen LogP) is 17.4. The van der Waals surface area contributed by atoms with Crippen molar-refractivity contribution >= 4 is 108 Å². The van der Waals surface area contributed by atoms with Gasteiger partial charge in [-0.3, -0.25) is 24.9 Å². The Morgan fingerprint density at radius 1 is 0.640 bits per heavy atom. The van der Waals surface area contributed by atoms with Gasteiger partial charge in [0.15, 0.2) is 0 Å².